The normalized spacial score (nSPS) is 18.1. The Kier molecular flexibility index (Phi) is 8.56. The molecular formula is C14H22F8OSi2. The third-order valence-electron chi connectivity index (χ3n) is 3.50. The first-order chi connectivity index (χ1) is 11.1. The minimum absolute atomic E-state index is 0.199. The highest BCUT2D eigenvalue weighted by Gasteiger charge is 2.54. The van der Waals surface area contributed by atoms with E-state index < -0.39 is 53.4 Å². The van der Waals surface area contributed by atoms with Crippen LogP contribution in [0.5, 0.6) is 0 Å². The van der Waals surface area contributed by atoms with Gasteiger partial charge in [-0.3, -0.25) is 0 Å². The van der Waals surface area contributed by atoms with Crippen LogP contribution >= 0.6 is 0 Å². The lowest BCUT2D eigenvalue weighted by Crippen LogP contribution is -2.53. The number of alkyl halides is 8. The zero-order valence-corrected chi connectivity index (χ0v) is 16.0. The van der Waals surface area contributed by atoms with Crippen LogP contribution in [0, 0.1) is 0 Å². The van der Waals surface area contributed by atoms with Crippen LogP contribution in [-0.4, -0.2) is 41.3 Å². The van der Waals surface area contributed by atoms with Crippen LogP contribution in [0.25, 0.3) is 0 Å². The van der Waals surface area contributed by atoms with Gasteiger partial charge in [0.15, 0.2) is 16.6 Å². The molecule has 0 aliphatic heterocycles. The summed E-state index contributed by atoms with van der Waals surface area (Å²) in [6.07, 6.45) is -5.52. The second kappa shape index (κ2) is 8.80. The van der Waals surface area contributed by atoms with Gasteiger partial charge in [-0.2, -0.15) is 0 Å². The van der Waals surface area contributed by atoms with E-state index in [1.54, 1.807) is 0 Å². The van der Waals surface area contributed by atoms with Crippen molar-refractivity contribution < 1.29 is 39.2 Å². The van der Waals surface area contributed by atoms with E-state index in [1.807, 2.05) is 0 Å². The first-order valence-electron chi connectivity index (χ1n) is 7.37. The maximum Gasteiger partial charge on any atom is 0.307 e. The fourth-order valence-electron chi connectivity index (χ4n) is 2.66. The van der Waals surface area contributed by atoms with Crippen molar-refractivity contribution in [2.24, 2.45) is 0 Å². The van der Waals surface area contributed by atoms with Crippen LogP contribution in [0.4, 0.5) is 35.1 Å². The van der Waals surface area contributed by atoms with E-state index in [0.717, 1.165) is 0 Å². The molecular weight excluding hydrogens is 392 g/mol. The fourth-order valence-corrected chi connectivity index (χ4v) is 12.5. The van der Waals surface area contributed by atoms with E-state index in [0.29, 0.717) is 0 Å². The summed E-state index contributed by atoms with van der Waals surface area (Å²) in [7, 11) is -7.33. The van der Waals surface area contributed by atoms with Crippen LogP contribution in [0.3, 0.4) is 0 Å². The summed E-state index contributed by atoms with van der Waals surface area (Å²) in [6, 6.07) is -3.03. The molecule has 0 radical (unpaired) electrons. The highest BCUT2D eigenvalue weighted by atomic mass is 28.4. The van der Waals surface area contributed by atoms with Crippen molar-refractivity contribution in [3.05, 3.63) is 25.3 Å². The van der Waals surface area contributed by atoms with E-state index in [1.165, 1.54) is 25.2 Å². The lowest BCUT2D eigenvalue weighted by atomic mass is 10.4. The standard InChI is InChI=1S/C14H22F8OSi2/c1-5-7-24(3,9-13(19,20)11(15)16)23-25(4,8-6-2)10-14(21,22)12(17)18/h5-6,11-12H,1-2,7-10H2,3-4H3. The van der Waals surface area contributed by atoms with Crippen LogP contribution in [0.2, 0.25) is 37.3 Å². The molecule has 2 atom stereocenters. The molecule has 1 nitrogen and oxygen atoms in total. The van der Waals surface area contributed by atoms with E-state index >= 15 is 0 Å². The third-order valence-corrected chi connectivity index (χ3v) is 12.2. The summed E-state index contributed by atoms with van der Waals surface area (Å²) < 4.78 is 110. The number of allylic oxidation sites excluding steroid dienone is 2. The summed E-state index contributed by atoms with van der Waals surface area (Å²) in [5, 5.41) is 0. The van der Waals surface area contributed by atoms with Crippen molar-refractivity contribution in [1.29, 1.82) is 0 Å². The first-order valence-corrected chi connectivity index (χ1v) is 13.0. The molecule has 0 amide bonds. The van der Waals surface area contributed by atoms with Crippen molar-refractivity contribution in [2.75, 3.05) is 0 Å². The fraction of sp³-hybridized carbons (Fsp3) is 0.714. The van der Waals surface area contributed by atoms with Gasteiger partial charge in [-0.15, -0.1) is 13.2 Å². The van der Waals surface area contributed by atoms with Gasteiger partial charge in [-0.1, -0.05) is 12.2 Å². The minimum Gasteiger partial charge on any atom is -0.454 e. The Bertz CT molecular complexity index is 420. The first kappa shape index (κ1) is 24.3. The Hall–Kier alpha value is -0.686. The highest BCUT2D eigenvalue weighted by Crippen LogP contribution is 2.41. The molecule has 2 unspecified atom stereocenters. The largest absolute Gasteiger partial charge is 0.454 e. The zero-order valence-electron chi connectivity index (χ0n) is 14.0. The number of hydrogen-bond donors (Lipinski definition) is 0. The molecule has 11 heteroatoms. The Morgan fingerprint density at radius 2 is 1.08 bits per heavy atom. The molecule has 0 aromatic heterocycles. The van der Waals surface area contributed by atoms with Gasteiger partial charge in [-0.25, -0.2) is 35.1 Å². The van der Waals surface area contributed by atoms with Crippen LogP contribution in [0.15, 0.2) is 25.3 Å². The van der Waals surface area contributed by atoms with Gasteiger partial charge >= 0.3 is 24.7 Å². The molecule has 0 fully saturated rings. The minimum atomic E-state index is -4.36. The van der Waals surface area contributed by atoms with E-state index in [2.05, 4.69) is 13.2 Å². The molecule has 0 aliphatic carbocycles. The van der Waals surface area contributed by atoms with Crippen molar-refractivity contribution in [3.63, 3.8) is 0 Å². The summed E-state index contributed by atoms with van der Waals surface area (Å²) in [6.45, 7) is 9.09. The monoisotopic (exact) mass is 414 g/mol. The SMILES string of the molecule is C=CC[Si](C)(CC(F)(F)C(F)F)O[Si](C)(CC=C)CC(F)(F)C(F)F. The van der Waals surface area contributed by atoms with E-state index in [4.69, 9.17) is 4.12 Å². The predicted octanol–water partition coefficient (Wildman–Crippen LogP) is 6.33. The third kappa shape index (κ3) is 7.61. The second-order valence-corrected chi connectivity index (χ2v) is 14.6. The molecule has 0 rings (SSSR count). The molecule has 0 saturated heterocycles. The van der Waals surface area contributed by atoms with Gasteiger partial charge in [0.1, 0.15) is 0 Å². The highest BCUT2D eigenvalue weighted by molar-refractivity contribution is 6.86. The molecule has 0 N–H and O–H groups in total. The molecule has 0 aromatic rings. The zero-order chi connectivity index (χ0) is 20.1. The summed E-state index contributed by atoms with van der Waals surface area (Å²) in [5.41, 5.74) is 0. The second-order valence-electron chi connectivity index (χ2n) is 6.46. The van der Waals surface area contributed by atoms with E-state index in [9.17, 15) is 35.1 Å². The molecule has 148 valence electrons. The molecule has 0 saturated carbocycles. The van der Waals surface area contributed by atoms with E-state index in [-0.39, 0.29) is 12.1 Å². The smallest absolute Gasteiger partial charge is 0.307 e. The van der Waals surface area contributed by atoms with Gasteiger partial charge < -0.3 is 4.12 Å². The Balaban J connectivity index is 5.64. The lowest BCUT2D eigenvalue weighted by molar-refractivity contribution is -0.117. The van der Waals surface area contributed by atoms with Crippen molar-refractivity contribution in [1.82, 2.24) is 0 Å². The summed E-state index contributed by atoms with van der Waals surface area (Å²) >= 11 is 0. The van der Waals surface area contributed by atoms with Crippen molar-refractivity contribution >= 4 is 16.6 Å². The van der Waals surface area contributed by atoms with Crippen LogP contribution < -0.4 is 0 Å². The molecule has 0 spiro atoms. The average Bonchev–Trinajstić information content (AvgIpc) is 2.35. The molecule has 0 heterocycles. The predicted molar refractivity (Wildman–Crippen MR) is 85.8 cm³/mol. The Morgan fingerprint density at radius 3 is 1.28 bits per heavy atom. The molecule has 25 heavy (non-hydrogen) atoms. The summed E-state index contributed by atoms with van der Waals surface area (Å²) in [4.78, 5) is 0. The molecule has 0 aromatic carbocycles. The Labute approximate surface area is 144 Å². The summed E-state index contributed by atoms with van der Waals surface area (Å²) in [5.74, 6) is -8.72. The van der Waals surface area contributed by atoms with Gasteiger partial charge in [-0.05, 0) is 25.2 Å². The van der Waals surface area contributed by atoms with Gasteiger partial charge in [0.25, 0.3) is 0 Å². The number of rotatable bonds is 12. The van der Waals surface area contributed by atoms with Crippen molar-refractivity contribution in [2.45, 2.75) is 62.0 Å². The van der Waals surface area contributed by atoms with Gasteiger partial charge in [0.2, 0.25) is 0 Å². The maximum atomic E-state index is 13.5. The molecule has 0 aliphatic rings. The number of halogens is 8. The van der Waals surface area contributed by atoms with Gasteiger partial charge in [0.05, 0.1) is 0 Å². The van der Waals surface area contributed by atoms with Gasteiger partial charge in [0, 0.05) is 12.1 Å². The topological polar surface area (TPSA) is 9.23 Å². The molecule has 0 bridgehead atoms. The maximum absolute atomic E-state index is 13.5. The van der Waals surface area contributed by atoms with Crippen molar-refractivity contribution in [3.8, 4) is 0 Å². The lowest BCUT2D eigenvalue weighted by Gasteiger charge is -2.40. The quantitative estimate of drug-likeness (QED) is 0.206. The van der Waals surface area contributed by atoms with Crippen LogP contribution in [-0.2, 0) is 4.12 Å². The Morgan fingerprint density at radius 1 is 0.800 bits per heavy atom. The van der Waals surface area contributed by atoms with Crippen LogP contribution in [0.1, 0.15) is 0 Å². The average molecular weight is 414 g/mol. The number of hydrogen-bond acceptors (Lipinski definition) is 1.